The summed E-state index contributed by atoms with van der Waals surface area (Å²) >= 11 is 0. The summed E-state index contributed by atoms with van der Waals surface area (Å²) in [4.78, 5) is 12.7. The molecule has 1 N–H and O–H groups in total. The Morgan fingerprint density at radius 3 is 2.49 bits per heavy atom. The lowest BCUT2D eigenvalue weighted by molar-refractivity contribution is -0.146. The molecule has 9 unspecified atom stereocenters. The quantitative estimate of drug-likeness (QED) is 0.298. The summed E-state index contributed by atoms with van der Waals surface area (Å²) in [6.45, 7) is 13.3. The Morgan fingerprint density at radius 2 is 1.76 bits per heavy atom. The maximum absolute atomic E-state index is 12.7. The van der Waals surface area contributed by atoms with Gasteiger partial charge in [0.1, 0.15) is 5.60 Å². The molecule has 9 atom stereocenters. The molecule has 1 aromatic rings. The Kier molecular flexibility index (Phi) is 7.18. The molecule has 3 nitrogen and oxygen atoms in total. The molecule has 0 aromatic heterocycles. The summed E-state index contributed by atoms with van der Waals surface area (Å²) in [5, 5.41) is 10.8. The molecule has 3 heteroatoms. The number of benzene rings is 1. The molecular weight excluding hydrogens is 456 g/mol. The van der Waals surface area contributed by atoms with Crippen LogP contribution in [0.25, 0.3) is 0 Å². The molecule has 0 heterocycles. The van der Waals surface area contributed by atoms with Crippen LogP contribution >= 0.6 is 0 Å². The SMILES string of the molecule is C=CC(C)(CCCC1CCC2C3CCC4CC(C)(O)CCC4(C)C3CCC12C)OC(=O)c1ccccc1. The van der Waals surface area contributed by atoms with Gasteiger partial charge in [0.25, 0.3) is 0 Å². The Bertz CT molecular complexity index is 984. The molecule has 0 spiro atoms. The molecule has 4 fully saturated rings. The fourth-order valence-electron chi connectivity index (χ4n) is 9.75. The standard InChI is InChI=1S/C34H50O3/c1-6-32(3,37-30(35)24-11-8-7-9-12-24)19-10-13-25-15-17-28-27-16-14-26-23-31(2,36)21-22-34(26,5)29(27)18-20-33(25,28)4/h6-9,11-12,25-29,36H,1,10,13-23H2,2-5H3. The third kappa shape index (κ3) is 4.95. The van der Waals surface area contributed by atoms with E-state index in [1.54, 1.807) is 0 Å². The van der Waals surface area contributed by atoms with E-state index in [0.29, 0.717) is 22.3 Å². The van der Waals surface area contributed by atoms with E-state index in [2.05, 4.69) is 27.4 Å². The van der Waals surface area contributed by atoms with Gasteiger partial charge in [0, 0.05) is 0 Å². The fourth-order valence-corrected chi connectivity index (χ4v) is 9.75. The van der Waals surface area contributed by atoms with Crippen molar-refractivity contribution in [3.05, 3.63) is 48.6 Å². The van der Waals surface area contributed by atoms with Crippen LogP contribution in [0.15, 0.2) is 43.0 Å². The Morgan fingerprint density at radius 1 is 1.03 bits per heavy atom. The first-order chi connectivity index (χ1) is 17.5. The van der Waals surface area contributed by atoms with Gasteiger partial charge in [-0.3, -0.25) is 0 Å². The summed E-state index contributed by atoms with van der Waals surface area (Å²) < 4.78 is 5.94. The van der Waals surface area contributed by atoms with E-state index < -0.39 is 11.2 Å². The van der Waals surface area contributed by atoms with Gasteiger partial charge in [0.05, 0.1) is 11.2 Å². The highest BCUT2D eigenvalue weighted by Gasteiger charge is 2.60. The lowest BCUT2D eigenvalue weighted by atomic mass is 9.44. The molecule has 4 aliphatic carbocycles. The number of aliphatic hydroxyl groups is 1. The van der Waals surface area contributed by atoms with Crippen molar-refractivity contribution in [3.63, 3.8) is 0 Å². The maximum Gasteiger partial charge on any atom is 0.338 e. The van der Waals surface area contributed by atoms with Crippen LogP contribution in [0.4, 0.5) is 0 Å². The van der Waals surface area contributed by atoms with Crippen LogP contribution in [-0.2, 0) is 4.74 Å². The van der Waals surface area contributed by atoms with E-state index in [9.17, 15) is 9.90 Å². The van der Waals surface area contributed by atoms with Gasteiger partial charge in [-0.2, -0.15) is 0 Å². The molecule has 0 amide bonds. The van der Waals surface area contributed by atoms with Crippen LogP contribution in [0.5, 0.6) is 0 Å². The number of esters is 1. The number of rotatable bonds is 7. The minimum atomic E-state index is -0.626. The second-order valence-corrected chi connectivity index (χ2v) is 14.3. The molecule has 204 valence electrons. The summed E-state index contributed by atoms with van der Waals surface area (Å²) in [6.07, 6.45) is 16.3. The van der Waals surface area contributed by atoms with Gasteiger partial charge < -0.3 is 9.84 Å². The predicted molar refractivity (Wildman–Crippen MR) is 150 cm³/mol. The number of hydrogen-bond acceptors (Lipinski definition) is 3. The van der Waals surface area contributed by atoms with Gasteiger partial charge in [-0.05, 0) is 150 Å². The van der Waals surface area contributed by atoms with Gasteiger partial charge in [0.15, 0.2) is 0 Å². The minimum Gasteiger partial charge on any atom is -0.452 e. The highest BCUT2D eigenvalue weighted by molar-refractivity contribution is 5.89. The van der Waals surface area contributed by atoms with E-state index in [1.807, 2.05) is 43.3 Å². The number of hydrogen-bond donors (Lipinski definition) is 1. The number of fused-ring (bicyclic) bond motifs is 5. The summed E-state index contributed by atoms with van der Waals surface area (Å²) in [5.41, 5.74) is 0.407. The van der Waals surface area contributed by atoms with Gasteiger partial charge in [0.2, 0.25) is 0 Å². The minimum absolute atomic E-state index is 0.262. The van der Waals surface area contributed by atoms with Crippen molar-refractivity contribution in [1.29, 1.82) is 0 Å². The molecule has 0 saturated heterocycles. The maximum atomic E-state index is 12.7. The lowest BCUT2D eigenvalue weighted by Crippen LogP contribution is -2.55. The zero-order valence-electron chi connectivity index (χ0n) is 23.8. The van der Waals surface area contributed by atoms with Crippen molar-refractivity contribution >= 4 is 5.97 Å². The highest BCUT2D eigenvalue weighted by Crippen LogP contribution is 2.68. The van der Waals surface area contributed by atoms with Crippen LogP contribution in [0, 0.1) is 40.4 Å². The zero-order valence-corrected chi connectivity index (χ0v) is 23.8. The van der Waals surface area contributed by atoms with Crippen molar-refractivity contribution in [1.82, 2.24) is 0 Å². The fraction of sp³-hybridized carbons (Fsp3) is 0.735. The first-order valence-electron chi connectivity index (χ1n) is 15.1. The second-order valence-electron chi connectivity index (χ2n) is 14.3. The van der Waals surface area contributed by atoms with Crippen molar-refractivity contribution < 1.29 is 14.6 Å². The van der Waals surface area contributed by atoms with Crippen molar-refractivity contribution in [2.45, 2.75) is 116 Å². The molecule has 5 rings (SSSR count). The normalized spacial score (nSPS) is 42.6. The average molecular weight is 507 g/mol. The molecule has 0 radical (unpaired) electrons. The Labute approximate surface area is 225 Å². The summed E-state index contributed by atoms with van der Waals surface area (Å²) in [6, 6.07) is 9.28. The van der Waals surface area contributed by atoms with E-state index in [0.717, 1.165) is 49.4 Å². The average Bonchev–Trinajstić information content (AvgIpc) is 3.21. The van der Waals surface area contributed by atoms with E-state index in [4.69, 9.17) is 4.74 Å². The molecular formula is C34H50O3. The Balaban J connectivity index is 1.20. The van der Waals surface area contributed by atoms with Crippen LogP contribution in [-0.4, -0.2) is 22.3 Å². The smallest absolute Gasteiger partial charge is 0.338 e. The number of carbonyl (C=O) groups excluding carboxylic acids is 1. The number of carbonyl (C=O) groups is 1. The van der Waals surface area contributed by atoms with Crippen molar-refractivity contribution in [2.75, 3.05) is 0 Å². The third-order valence-corrected chi connectivity index (χ3v) is 12.1. The van der Waals surface area contributed by atoms with E-state index >= 15 is 0 Å². The van der Waals surface area contributed by atoms with Crippen molar-refractivity contribution in [3.8, 4) is 0 Å². The molecule has 0 bridgehead atoms. The predicted octanol–water partition coefficient (Wildman–Crippen LogP) is 8.37. The molecule has 4 aliphatic rings. The molecule has 37 heavy (non-hydrogen) atoms. The van der Waals surface area contributed by atoms with E-state index in [-0.39, 0.29) is 5.97 Å². The summed E-state index contributed by atoms with van der Waals surface area (Å²) in [5.74, 6) is 3.80. The van der Waals surface area contributed by atoms with Crippen LogP contribution < -0.4 is 0 Å². The molecule has 1 aromatic carbocycles. The summed E-state index contributed by atoms with van der Waals surface area (Å²) in [7, 11) is 0. The highest BCUT2D eigenvalue weighted by atomic mass is 16.6. The first-order valence-corrected chi connectivity index (χ1v) is 15.1. The van der Waals surface area contributed by atoms with E-state index in [1.165, 1.54) is 51.4 Å². The largest absolute Gasteiger partial charge is 0.452 e. The van der Waals surface area contributed by atoms with Gasteiger partial charge in [-0.25, -0.2) is 4.79 Å². The molecule has 4 saturated carbocycles. The third-order valence-electron chi connectivity index (χ3n) is 12.1. The zero-order chi connectivity index (χ0) is 26.5. The monoisotopic (exact) mass is 506 g/mol. The van der Waals surface area contributed by atoms with Gasteiger partial charge in [-0.15, -0.1) is 0 Å². The van der Waals surface area contributed by atoms with Gasteiger partial charge in [-0.1, -0.05) is 38.6 Å². The molecule has 0 aliphatic heterocycles. The topological polar surface area (TPSA) is 46.5 Å². The first kappa shape index (κ1) is 27.0. The van der Waals surface area contributed by atoms with Crippen LogP contribution in [0.3, 0.4) is 0 Å². The Hall–Kier alpha value is -1.61. The van der Waals surface area contributed by atoms with Crippen LogP contribution in [0.2, 0.25) is 0 Å². The second kappa shape index (κ2) is 9.85. The van der Waals surface area contributed by atoms with Gasteiger partial charge >= 0.3 is 5.97 Å². The lowest BCUT2D eigenvalue weighted by Gasteiger charge is -2.62. The number of ether oxygens (including phenoxy) is 1. The van der Waals surface area contributed by atoms with Crippen molar-refractivity contribution in [2.24, 2.45) is 40.4 Å². The van der Waals surface area contributed by atoms with Crippen LogP contribution in [0.1, 0.15) is 115 Å².